The maximum atomic E-state index is 12.5. The summed E-state index contributed by atoms with van der Waals surface area (Å²) in [4.78, 5) is 17.6. The molecule has 1 amide bonds. The largest absolute Gasteiger partial charge is 0.375 e. The summed E-state index contributed by atoms with van der Waals surface area (Å²) in [5.41, 5.74) is 0.0292. The number of likely N-dealkylation sites (tertiary alicyclic amines) is 1. The Balaban J connectivity index is 1.54. The van der Waals surface area contributed by atoms with Gasteiger partial charge in [0.15, 0.2) is 0 Å². The molecule has 128 valence electrons. The summed E-state index contributed by atoms with van der Waals surface area (Å²) >= 11 is 1.53. The number of carbonyl (C=O) groups excluding carboxylic acids is 1. The standard InChI is InChI=1S/C18H28N2O2S/c1-19(2)9-5-15-6-12-22-18(14-15)7-10-20(11-8-18)17(21)16-4-3-13-23-16/h3-4,13,15H,5-12,14H2,1-2H3. The lowest BCUT2D eigenvalue weighted by molar-refractivity contribution is -0.124. The Morgan fingerprint density at radius 1 is 1.43 bits per heavy atom. The van der Waals surface area contributed by atoms with Gasteiger partial charge in [0, 0.05) is 19.7 Å². The van der Waals surface area contributed by atoms with Gasteiger partial charge in [-0.3, -0.25) is 4.79 Å². The number of thiophene rings is 1. The van der Waals surface area contributed by atoms with Crippen LogP contribution < -0.4 is 0 Å². The van der Waals surface area contributed by atoms with Crippen LogP contribution in [0.5, 0.6) is 0 Å². The molecule has 1 atom stereocenters. The molecule has 3 rings (SSSR count). The van der Waals surface area contributed by atoms with E-state index < -0.39 is 0 Å². The molecule has 0 aliphatic carbocycles. The van der Waals surface area contributed by atoms with E-state index in [-0.39, 0.29) is 11.5 Å². The van der Waals surface area contributed by atoms with Gasteiger partial charge < -0.3 is 14.5 Å². The summed E-state index contributed by atoms with van der Waals surface area (Å²) in [6.45, 7) is 3.70. The number of carbonyl (C=O) groups is 1. The number of hydrogen-bond acceptors (Lipinski definition) is 4. The molecule has 23 heavy (non-hydrogen) atoms. The molecule has 0 aromatic carbocycles. The molecule has 2 saturated heterocycles. The van der Waals surface area contributed by atoms with Crippen LogP contribution in [-0.4, -0.2) is 61.6 Å². The highest BCUT2D eigenvalue weighted by atomic mass is 32.1. The second-order valence-electron chi connectivity index (χ2n) is 7.25. The zero-order valence-electron chi connectivity index (χ0n) is 14.3. The normalized spacial score (nSPS) is 24.3. The van der Waals surface area contributed by atoms with Crippen LogP contribution in [0.25, 0.3) is 0 Å². The topological polar surface area (TPSA) is 32.8 Å². The van der Waals surface area contributed by atoms with Crippen molar-refractivity contribution in [2.75, 3.05) is 40.3 Å². The van der Waals surface area contributed by atoms with Crippen LogP contribution in [0.2, 0.25) is 0 Å². The van der Waals surface area contributed by atoms with Crippen molar-refractivity contribution in [2.24, 2.45) is 5.92 Å². The van der Waals surface area contributed by atoms with E-state index in [4.69, 9.17) is 4.74 Å². The molecule has 4 nitrogen and oxygen atoms in total. The second-order valence-corrected chi connectivity index (χ2v) is 8.20. The van der Waals surface area contributed by atoms with Crippen molar-refractivity contribution in [3.63, 3.8) is 0 Å². The Morgan fingerprint density at radius 2 is 2.22 bits per heavy atom. The van der Waals surface area contributed by atoms with Crippen molar-refractivity contribution in [2.45, 2.75) is 37.7 Å². The van der Waals surface area contributed by atoms with Gasteiger partial charge in [-0.15, -0.1) is 11.3 Å². The van der Waals surface area contributed by atoms with Gasteiger partial charge in [0.25, 0.3) is 5.91 Å². The molecule has 0 bridgehead atoms. The van der Waals surface area contributed by atoms with Crippen LogP contribution in [0.4, 0.5) is 0 Å². The van der Waals surface area contributed by atoms with Crippen LogP contribution in [-0.2, 0) is 4.74 Å². The molecule has 2 aliphatic heterocycles. The van der Waals surface area contributed by atoms with Crippen molar-refractivity contribution in [1.29, 1.82) is 0 Å². The van der Waals surface area contributed by atoms with Crippen molar-refractivity contribution in [1.82, 2.24) is 9.80 Å². The summed E-state index contributed by atoms with van der Waals surface area (Å²) in [5.74, 6) is 0.959. The Bertz CT molecular complexity index is 507. The molecule has 0 radical (unpaired) electrons. The fourth-order valence-corrected chi connectivity index (χ4v) is 4.53. The fraction of sp³-hybridized carbons (Fsp3) is 0.722. The summed E-state index contributed by atoms with van der Waals surface area (Å²) in [6.07, 6.45) is 5.59. The third kappa shape index (κ3) is 4.14. The van der Waals surface area contributed by atoms with Gasteiger partial charge >= 0.3 is 0 Å². The maximum Gasteiger partial charge on any atom is 0.263 e. The Kier molecular flexibility index (Phi) is 5.39. The lowest BCUT2D eigenvalue weighted by Gasteiger charge is -2.46. The van der Waals surface area contributed by atoms with Crippen molar-refractivity contribution in [3.05, 3.63) is 22.4 Å². The Labute approximate surface area is 143 Å². The fourth-order valence-electron chi connectivity index (χ4n) is 3.84. The van der Waals surface area contributed by atoms with E-state index in [0.29, 0.717) is 0 Å². The predicted octanol–water partition coefficient (Wildman–Crippen LogP) is 3.10. The smallest absolute Gasteiger partial charge is 0.263 e. The van der Waals surface area contributed by atoms with E-state index in [0.717, 1.165) is 49.9 Å². The molecule has 1 unspecified atom stereocenters. The minimum absolute atomic E-state index is 0.0292. The van der Waals surface area contributed by atoms with Crippen LogP contribution >= 0.6 is 11.3 Å². The van der Waals surface area contributed by atoms with E-state index >= 15 is 0 Å². The van der Waals surface area contributed by atoms with Crippen molar-refractivity contribution in [3.8, 4) is 0 Å². The van der Waals surface area contributed by atoms with E-state index in [1.165, 1.54) is 30.6 Å². The summed E-state index contributed by atoms with van der Waals surface area (Å²) in [5, 5.41) is 1.97. The van der Waals surface area contributed by atoms with Crippen LogP contribution in [0.15, 0.2) is 17.5 Å². The monoisotopic (exact) mass is 336 g/mol. The zero-order chi connectivity index (χ0) is 16.3. The molecule has 3 heterocycles. The highest BCUT2D eigenvalue weighted by Gasteiger charge is 2.41. The first-order valence-corrected chi connectivity index (χ1v) is 9.57. The summed E-state index contributed by atoms with van der Waals surface area (Å²) in [6, 6.07) is 3.87. The van der Waals surface area contributed by atoms with Gasteiger partial charge in [-0.05, 0) is 70.1 Å². The highest BCUT2D eigenvalue weighted by molar-refractivity contribution is 7.12. The minimum atomic E-state index is 0.0292. The van der Waals surface area contributed by atoms with Crippen LogP contribution in [0.1, 0.15) is 41.8 Å². The zero-order valence-corrected chi connectivity index (χ0v) is 15.1. The summed E-state index contributed by atoms with van der Waals surface area (Å²) in [7, 11) is 4.29. The van der Waals surface area contributed by atoms with Gasteiger partial charge in [-0.2, -0.15) is 0 Å². The van der Waals surface area contributed by atoms with Crippen LogP contribution in [0.3, 0.4) is 0 Å². The van der Waals surface area contributed by atoms with Gasteiger partial charge in [0.05, 0.1) is 10.5 Å². The number of amides is 1. The van der Waals surface area contributed by atoms with Gasteiger partial charge in [0.1, 0.15) is 0 Å². The van der Waals surface area contributed by atoms with Gasteiger partial charge in [-0.25, -0.2) is 0 Å². The van der Waals surface area contributed by atoms with E-state index in [2.05, 4.69) is 19.0 Å². The lowest BCUT2D eigenvalue weighted by Crippen LogP contribution is -2.50. The molecular formula is C18H28N2O2S. The quantitative estimate of drug-likeness (QED) is 0.847. The molecule has 0 saturated carbocycles. The highest BCUT2D eigenvalue weighted by Crippen LogP contribution is 2.39. The van der Waals surface area contributed by atoms with Crippen molar-refractivity contribution < 1.29 is 9.53 Å². The predicted molar refractivity (Wildman–Crippen MR) is 94.0 cm³/mol. The van der Waals surface area contributed by atoms with Gasteiger partial charge in [0.2, 0.25) is 0 Å². The number of ether oxygens (including phenoxy) is 1. The molecule has 2 fully saturated rings. The number of hydrogen-bond donors (Lipinski definition) is 0. The lowest BCUT2D eigenvalue weighted by atomic mass is 9.78. The average molecular weight is 337 g/mol. The summed E-state index contributed by atoms with van der Waals surface area (Å²) < 4.78 is 6.21. The van der Waals surface area contributed by atoms with E-state index in [1.807, 2.05) is 22.4 Å². The van der Waals surface area contributed by atoms with Crippen molar-refractivity contribution >= 4 is 17.2 Å². The van der Waals surface area contributed by atoms with E-state index in [1.54, 1.807) is 0 Å². The molecular weight excluding hydrogens is 308 g/mol. The molecule has 5 heteroatoms. The SMILES string of the molecule is CN(C)CCC1CCOC2(CCN(C(=O)c3cccs3)CC2)C1. The second kappa shape index (κ2) is 7.32. The third-order valence-corrected chi connectivity index (χ3v) is 6.13. The average Bonchev–Trinajstić information content (AvgIpc) is 3.08. The molecule has 0 N–H and O–H groups in total. The first kappa shape index (κ1) is 16.9. The third-order valence-electron chi connectivity index (χ3n) is 5.27. The number of rotatable bonds is 4. The number of piperidine rings is 1. The maximum absolute atomic E-state index is 12.5. The van der Waals surface area contributed by atoms with Gasteiger partial charge in [-0.1, -0.05) is 6.07 Å². The van der Waals surface area contributed by atoms with E-state index in [9.17, 15) is 4.79 Å². The first-order chi connectivity index (χ1) is 11.1. The molecule has 1 spiro atoms. The Hall–Kier alpha value is -0.910. The minimum Gasteiger partial charge on any atom is -0.375 e. The first-order valence-electron chi connectivity index (χ1n) is 8.69. The Morgan fingerprint density at radius 3 is 2.87 bits per heavy atom. The molecule has 1 aromatic rings. The van der Waals surface area contributed by atoms with Crippen LogP contribution in [0, 0.1) is 5.92 Å². The molecule has 2 aliphatic rings. The number of nitrogens with zero attached hydrogens (tertiary/aromatic N) is 2. The molecule has 1 aromatic heterocycles.